The Labute approximate surface area is 195 Å². The average Bonchev–Trinajstić information content (AvgIpc) is 2.86. The molecule has 4 aromatic carbocycles. The summed E-state index contributed by atoms with van der Waals surface area (Å²) in [5.74, 6) is 0. The predicted molar refractivity (Wildman–Crippen MR) is 146 cm³/mol. The molecule has 0 saturated carbocycles. The van der Waals surface area contributed by atoms with E-state index in [1.54, 1.807) is 0 Å². The molecule has 4 aromatic rings. The average molecular weight is 449 g/mol. The van der Waals surface area contributed by atoms with Crippen LogP contribution in [0, 0.1) is 0 Å². The number of benzene rings is 4. The van der Waals surface area contributed by atoms with Gasteiger partial charge in [0.25, 0.3) is 0 Å². The summed E-state index contributed by atoms with van der Waals surface area (Å²) in [6.45, 7) is 9.46. The van der Waals surface area contributed by atoms with Crippen LogP contribution in [0.5, 0.6) is 0 Å². The van der Waals surface area contributed by atoms with E-state index in [1.807, 2.05) is 0 Å². The van der Waals surface area contributed by atoms with Crippen molar-refractivity contribution in [3.8, 4) is 0 Å². The maximum Gasteiger partial charge on any atom is 0.154 e. The normalized spacial score (nSPS) is 12.8. The maximum absolute atomic E-state index is 4.44. The second kappa shape index (κ2) is 9.68. The minimum absolute atomic E-state index is 0.386. The molecular formula is C30H32Si2. The lowest BCUT2D eigenvalue weighted by Crippen LogP contribution is -2.70. The molecule has 2 heteroatoms. The summed E-state index contributed by atoms with van der Waals surface area (Å²) in [7, 11) is -4.09. The van der Waals surface area contributed by atoms with Crippen molar-refractivity contribution in [3.05, 3.63) is 134 Å². The highest BCUT2D eigenvalue weighted by atomic mass is 28.3. The minimum atomic E-state index is -2.38. The third-order valence-corrected chi connectivity index (χ3v) is 15.9. The van der Waals surface area contributed by atoms with Crippen LogP contribution in [0.1, 0.15) is 0 Å². The fourth-order valence-electron chi connectivity index (χ4n) is 5.22. The summed E-state index contributed by atoms with van der Waals surface area (Å²) in [6.07, 6.45) is 2.27. The van der Waals surface area contributed by atoms with E-state index in [1.165, 1.54) is 26.8 Å². The van der Waals surface area contributed by atoms with Gasteiger partial charge in [-0.1, -0.05) is 146 Å². The maximum atomic E-state index is 4.44. The highest BCUT2D eigenvalue weighted by Crippen LogP contribution is 2.32. The fourth-order valence-corrected chi connectivity index (χ4v) is 15.4. The summed E-state index contributed by atoms with van der Waals surface area (Å²) in [4.78, 5) is 0. The highest BCUT2D eigenvalue weighted by molar-refractivity contribution is 7.13. The van der Waals surface area contributed by atoms with Crippen LogP contribution in [0.4, 0.5) is 0 Å². The first-order chi connectivity index (χ1) is 15.6. The van der Waals surface area contributed by atoms with Gasteiger partial charge in [-0.25, -0.2) is 0 Å². The Morgan fingerprint density at radius 1 is 0.562 bits per heavy atom. The smallest absolute Gasteiger partial charge is 0.103 e. The highest BCUT2D eigenvalue weighted by Gasteiger charge is 2.47. The van der Waals surface area contributed by atoms with Gasteiger partial charge in [0.1, 0.15) is 0 Å². The zero-order valence-corrected chi connectivity index (χ0v) is 21.1. The molecule has 0 radical (unpaired) electrons. The SMILES string of the molecule is C=CC(C[Si](C)(C)c1ccccc1)[Si](c1ccccc1)(c1ccccc1)c1ccccc1. The van der Waals surface area contributed by atoms with Gasteiger partial charge in [0.2, 0.25) is 0 Å². The first-order valence-corrected chi connectivity index (χ1v) is 16.7. The number of allylic oxidation sites excluding steroid dienone is 1. The molecule has 0 amide bonds. The van der Waals surface area contributed by atoms with Gasteiger partial charge in [0.05, 0.1) is 8.07 Å². The molecule has 32 heavy (non-hydrogen) atoms. The Hall–Kier alpha value is -2.95. The molecule has 0 fully saturated rings. The first kappa shape index (κ1) is 22.3. The predicted octanol–water partition coefficient (Wildman–Crippen LogP) is 5.33. The van der Waals surface area contributed by atoms with Gasteiger partial charge in [-0.15, -0.1) is 6.58 Å². The van der Waals surface area contributed by atoms with E-state index in [9.17, 15) is 0 Å². The van der Waals surface area contributed by atoms with Gasteiger partial charge >= 0.3 is 0 Å². The molecule has 0 saturated heterocycles. The zero-order valence-electron chi connectivity index (χ0n) is 19.1. The summed E-state index contributed by atoms with van der Waals surface area (Å²) in [6, 6.07) is 46.0. The second-order valence-electron chi connectivity index (χ2n) is 9.20. The van der Waals surface area contributed by atoms with Crippen molar-refractivity contribution < 1.29 is 0 Å². The Morgan fingerprint density at radius 3 is 1.19 bits per heavy atom. The largest absolute Gasteiger partial charge is 0.154 e. The lowest BCUT2D eigenvalue weighted by Gasteiger charge is -2.42. The molecule has 1 atom stereocenters. The summed E-state index contributed by atoms with van der Waals surface area (Å²) in [5.41, 5.74) is 0.386. The van der Waals surface area contributed by atoms with E-state index < -0.39 is 16.1 Å². The van der Waals surface area contributed by atoms with E-state index in [-0.39, 0.29) is 0 Å². The van der Waals surface area contributed by atoms with Crippen molar-refractivity contribution in [3.63, 3.8) is 0 Å². The minimum Gasteiger partial charge on any atom is -0.103 e. The van der Waals surface area contributed by atoms with E-state index in [4.69, 9.17) is 0 Å². The van der Waals surface area contributed by atoms with Crippen molar-refractivity contribution >= 4 is 36.9 Å². The molecule has 0 spiro atoms. The molecule has 0 N–H and O–H groups in total. The molecule has 0 nitrogen and oxygen atoms in total. The van der Waals surface area contributed by atoms with Crippen LogP contribution in [-0.4, -0.2) is 16.1 Å². The lowest BCUT2D eigenvalue weighted by atomic mass is 10.3. The van der Waals surface area contributed by atoms with Gasteiger partial charge < -0.3 is 0 Å². The van der Waals surface area contributed by atoms with Gasteiger partial charge in [0.15, 0.2) is 8.07 Å². The fraction of sp³-hybridized carbons (Fsp3) is 0.133. The summed E-state index contributed by atoms with van der Waals surface area (Å²) >= 11 is 0. The molecule has 0 aliphatic rings. The molecule has 0 heterocycles. The van der Waals surface area contributed by atoms with Crippen molar-refractivity contribution in [2.45, 2.75) is 24.7 Å². The quantitative estimate of drug-likeness (QED) is 0.194. The lowest BCUT2D eigenvalue weighted by molar-refractivity contribution is 1.12. The van der Waals surface area contributed by atoms with E-state index in [0.717, 1.165) is 0 Å². The Morgan fingerprint density at radius 2 is 0.875 bits per heavy atom. The van der Waals surface area contributed by atoms with Crippen molar-refractivity contribution in [2.75, 3.05) is 0 Å². The Balaban J connectivity index is 1.97. The van der Waals surface area contributed by atoms with Crippen LogP contribution in [-0.2, 0) is 0 Å². The van der Waals surface area contributed by atoms with Crippen LogP contribution in [0.2, 0.25) is 24.7 Å². The standard InChI is InChI=1S/C30H32Si2/c1-4-26(25-31(2,3)27-17-9-5-10-18-27)32(28-19-11-6-12-20-28,29-21-13-7-14-22-29)30-23-15-8-16-24-30/h4-24,26H,1,25H2,2-3H3. The van der Waals surface area contributed by atoms with E-state index in [0.29, 0.717) is 5.54 Å². The monoisotopic (exact) mass is 448 g/mol. The number of rotatable bonds is 8. The van der Waals surface area contributed by atoms with Gasteiger partial charge in [-0.2, -0.15) is 0 Å². The zero-order chi connectivity index (χ0) is 22.4. The van der Waals surface area contributed by atoms with Gasteiger partial charge in [-0.05, 0) is 27.1 Å². The van der Waals surface area contributed by atoms with Crippen molar-refractivity contribution in [1.29, 1.82) is 0 Å². The van der Waals surface area contributed by atoms with Gasteiger partial charge in [-0.3, -0.25) is 0 Å². The number of hydrogen-bond acceptors (Lipinski definition) is 0. The third kappa shape index (κ3) is 4.21. The molecule has 4 rings (SSSR count). The first-order valence-electron chi connectivity index (χ1n) is 11.4. The topological polar surface area (TPSA) is 0 Å². The molecule has 1 unspecified atom stereocenters. The van der Waals surface area contributed by atoms with E-state index >= 15 is 0 Å². The Kier molecular flexibility index (Phi) is 6.73. The van der Waals surface area contributed by atoms with Crippen LogP contribution < -0.4 is 20.7 Å². The number of hydrogen-bond donors (Lipinski definition) is 0. The molecule has 0 aromatic heterocycles. The summed E-state index contributed by atoms with van der Waals surface area (Å²) < 4.78 is 0. The van der Waals surface area contributed by atoms with Crippen LogP contribution in [0.25, 0.3) is 0 Å². The molecule has 160 valence electrons. The molecule has 0 aliphatic heterocycles. The summed E-state index contributed by atoms with van der Waals surface area (Å²) in [5, 5.41) is 5.89. The van der Waals surface area contributed by atoms with E-state index in [2.05, 4.69) is 147 Å². The van der Waals surface area contributed by atoms with Crippen molar-refractivity contribution in [1.82, 2.24) is 0 Å². The van der Waals surface area contributed by atoms with Gasteiger partial charge in [0, 0.05) is 0 Å². The Bertz CT molecular complexity index is 1020. The van der Waals surface area contributed by atoms with Crippen LogP contribution in [0.15, 0.2) is 134 Å². The molecular weight excluding hydrogens is 417 g/mol. The third-order valence-electron chi connectivity index (χ3n) is 6.81. The van der Waals surface area contributed by atoms with Crippen molar-refractivity contribution in [2.24, 2.45) is 0 Å². The van der Waals surface area contributed by atoms with Crippen LogP contribution in [0.3, 0.4) is 0 Å². The van der Waals surface area contributed by atoms with Crippen LogP contribution >= 0.6 is 0 Å². The molecule has 0 aliphatic carbocycles. The second-order valence-corrected chi connectivity index (χ2v) is 18.0. The molecule has 0 bridgehead atoms.